The molecule has 4 heterocycles. The number of pyridine rings is 2. The lowest BCUT2D eigenvalue weighted by molar-refractivity contribution is -0.133. The van der Waals surface area contributed by atoms with Crippen molar-refractivity contribution >= 4 is 40.0 Å². The highest BCUT2D eigenvalue weighted by atomic mass is 35.5. The van der Waals surface area contributed by atoms with Gasteiger partial charge in [-0.15, -0.1) is 0 Å². The quantitative estimate of drug-likeness (QED) is 0.132. The van der Waals surface area contributed by atoms with Crippen molar-refractivity contribution in [3.8, 4) is 16.9 Å². The summed E-state index contributed by atoms with van der Waals surface area (Å²) in [5, 5.41) is 10.4. The van der Waals surface area contributed by atoms with E-state index in [1.54, 1.807) is 6.07 Å². The van der Waals surface area contributed by atoms with Crippen LogP contribution in [0.2, 0.25) is 5.15 Å². The van der Waals surface area contributed by atoms with Gasteiger partial charge < -0.3 is 14.8 Å². The second kappa shape index (κ2) is 16.3. The Kier molecular flexibility index (Phi) is 11.4. The van der Waals surface area contributed by atoms with Crippen LogP contribution in [0.3, 0.4) is 0 Å². The number of hydrogen-bond acceptors (Lipinski definition) is 8. The molecular weight excluding hydrogens is 647 g/mol. The number of nitrogens with zero attached hydrogens (tertiary/aromatic N) is 5. The monoisotopic (exact) mass is 686 g/mol. The smallest absolute Gasteiger partial charge is 0.243 e. The zero-order valence-corrected chi connectivity index (χ0v) is 28.3. The first-order chi connectivity index (χ1) is 23.9. The van der Waals surface area contributed by atoms with Crippen molar-refractivity contribution in [3.05, 3.63) is 89.1 Å². The molecule has 10 nitrogen and oxygen atoms in total. The molecule has 2 aliphatic heterocycles. The summed E-state index contributed by atoms with van der Waals surface area (Å²) >= 11 is 6.80. The van der Waals surface area contributed by atoms with Gasteiger partial charge in [-0.3, -0.25) is 14.5 Å². The molecule has 0 saturated carbocycles. The second-order valence-electron chi connectivity index (χ2n) is 12.1. The number of hydrazone groups is 1. The zero-order valence-electron chi connectivity index (χ0n) is 27.5. The van der Waals surface area contributed by atoms with Gasteiger partial charge in [-0.1, -0.05) is 35.9 Å². The number of carbonyl (C=O) groups excluding carboxylic acids is 2. The molecule has 1 atom stereocenters. The van der Waals surface area contributed by atoms with E-state index >= 15 is 0 Å². The van der Waals surface area contributed by atoms with E-state index in [2.05, 4.69) is 20.2 Å². The van der Waals surface area contributed by atoms with Crippen molar-refractivity contribution in [1.29, 1.82) is 0 Å². The third kappa shape index (κ3) is 8.78. The van der Waals surface area contributed by atoms with Crippen molar-refractivity contribution < 1.29 is 23.5 Å². The molecule has 12 heteroatoms. The zero-order chi connectivity index (χ0) is 34.2. The SMILES string of the molecule is CCOc1ccc2cc(C3CC(c4ccc(-c5ccc(F)nc5)cc4)=NN3C(=O)CCCC(=O)NCCCN3CCOCC3)c(Cl)nc2c1. The number of rotatable bonds is 13. The molecule has 1 saturated heterocycles. The van der Waals surface area contributed by atoms with Crippen molar-refractivity contribution in [2.24, 2.45) is 5.10 Å². The number of fused-ring (bicyclic) bond motifs is 1. The van der Waals surface area contributed by atoms with E-state index in [0.29, 0.717) is 42.8 Å². The molecule has 4 aromatic rings. The summed E-state index contributed by atoms with van der Waals surface area (Å²) in [5.41, 5.74) is 4.63. The van der Waals surface area contributed by atoms with Crippen LogP contribution < -0.4 is 10.1 Å². The summed E-state index contributed by atoms with van der Waals surface area (Å²) in [4.78, 5) is 37.0. The lowest BCUT2D eigenvalue weighted by Crippen LogP contribution is -2.38. The van der Waals surface area contributed by atoms with E-state index in [9.17, 15) is 14.0 Å². The Morgan fingerprint density at radius 1 is 1.00 bits per heavy atom. The highest BCUT2D eigenvalue weighted by molar-refractivity contribution is 6.30. The molecule has 256 valence electrons. The predicted molar refractivity (Wildman–Crippen MR) is 187 cm³/mol. The summed E-state index contributed by atoms with van der Waals surface area (Å²) in [5.74, 6) is -0.0951. The van der Waals surface area contributed by atoms with Gasteiger partial charge in [-0.25, -0.2) is 15.0 Å². The van der Waals surface area contributed by atoms with Crippen LogP contribution in [-0.4, -0.2) is 83.4 Å². The summed E-state index contributed by atoms with van der Waals surface area (Å²) < 4.78 is 24.4. The number of hydrogen-bond donors (Lipinski definition) is 1. The van der Waals surface area contributed by atoms with Gasteiger partial charge in [0.1, 0.15) is 10.9 Å². The molecular formula is C37H40ClFN6O4. The van der Waals surface area contributed by atoms with E-state index in [4.69, 9.17) is 26.2 Å². The first-order valence-corrected chi connectivity index (χ1v) is 17.2. The molecule has 0 aliphatic carbocycles. The molecule has 49 heavy (non-hydrogen) atoms. The third-order valence-electron chi connectivity index (χ3n) is 8.76. The number of morpholine rings is 1. The second-order valence-corrected chi connectivity index (χ2v) is 12.5. The van der Waals surface area contributed by atoms with Crippen LogP contribution in [0, 0.1) is 5.95 Å². The van der Waals surface area contributed by atoms with Gasteiger partial charge in [0.05, 0.1) is 37.1 Å². The maximum atomic E-state index is 13.7. The molecule has 1 N–H and O–H groups in total. The number of carbonyl (C=O) groups is 2. The Morgan fingerprint density at radius 3 is 2.53 bits per heavy atom. The van der Waals surface area contributed by atoms with Gasteiger partial charge in [-0.05, 0) is 67.8 Å². The third-order valence-corrected chi connectivity index (χ3v) is 9.06. The van der Waals surface area contributed by atoms with Crippen LogP contribution in [0.1, 0.15) is 56.2 Å². The number of benzene rings is 2. The molecule has 6 rings (SSSR count). The van der Waals surface area contributed by atoms with Gasteiger partial charge in [-0.2, -0.15) is 9.49 Å². The summed E-state index contributed by atoms with van der Waals surface area (Å²) in [6.07, 6.45) is 3.58. The lowest BCUT2D eigenvalue weighted by Gasteiger charge is -2.26. The van der Waals surface area contributed by atoms with E-state index in [1.165, 1.54) is 17.3 Å². The molecule has 0 bridgehead atoms. The summed E-state index contributed by atoms with van der Waals surface area (Å²) in [6.45, 7) is 7.33. The predicted octanol–water partition coefficient (Wildman–Crippen LogP) is 6.17. The fourth-order valence-electron chi connectivity index (χ4n) is 6.15. The minimum Gasteiger partial charge on any atom is -0.494 e. The number of nitrogens with one attached hydrogen (secondary N) is 1. The van der Waals surface area contributed by atoms with Crippen molar-refractivity contribution in [2.45, 2.75) is 45.1 Å². The van der Waals surface area contributed by atoms with E-state index in [-0.39, 0.29) is 29.8 Å². The number of halogens is 2. The van der Waals surface area contributed by atoms with Crippen LogP contribution in [0.15, 0.2) is 72.0 Å². The average molecular weight is 687 g/mol. The first-order valence-electron chi connectivity index (χ1n) is 16.8. The highest BCUT2D eigenvalue weighted by Crippen LogP contribution is 2.38. The number of aromatic nitrogens is 2. The molecule has 2 aromatic carbocycles. The summed E-state index contributed by atoms with van der Waals surface area (Å²) in [7, 11) is 0. The van der Waals surface area contributed by atoms with Crippen LogP contribution in [0.4, 0.5) is 4.39 Å². The van der Waals surface area contributed by atoms with Gasteiger partial charge in [0, 0.05) is 67.7 Å². The Labute approximate surface area is 290 Å². The van der Waals surface area contributed by atoms with Crippen LogP contribution in [0.25, 0.3) is 22.0 Å². The molecule has 1 fully saturated rings. The van der Waals surface area contributed by atoms with E-state index in [1.807, 2.05) is 55.5 Å². The minimum absolute atomic E-state index is 0.0680. The molecule has 2 aliphatic rings. The normalized spacial score (nSPS) is 16.5. The fourth-order valence-corrected chi connectivity index (χ4v) is 6.42. The van der Waals surface area contributed by atoms with Crippen LogP contribution in [-0.2, 0) is 14.3 Å². The first kappa shape index (κ1) is 34.4. The maximum Gasteiger partial charge on any atom is 0.243 e. The maximum absolute atomic E-state index is 13.7. The number of ether oxygens (including phenoxy) is 2. The molecule has 1 unspecified atom stereocenters. The largest absolute Gasteiger partial charge is 0.494 e. The van der Waals surface area contributed by atoms with Crippen LogP contribution in [0.5, 0.6) is 5.75 Å². The summed E-state index contributed by atoms with van der Waals surface area (Å²) in [6, 6.07) is 17.9. The Morgan fingerprint density at radius 2 is 1.78 bits per heavy atom. The standard InChI is InChI=1S/C37H40ClFN6O4/c1-2-49-29-13-11-27-21-30(37(38)42-31(27)22-29)33-23-32(26-9-7-25(8-10-26)28-12-14-34(39)41-24-28)43-45(33)36(47)6-3-5-35(46)40-15-4-16-44-17-19-48-20-18-44/h7-14,21-22,24,33H,2-6,15-20,23H2,1H3,(H,40,46). The molecule has 2 amide bonds. The van der Waals surface area contributed by atoms with Gasteiger partial charge in [0.25, 0.3) is 0 Å². The van der Waals surface area contributed by atoms with Crippen molar-refractivity contribution in [1.82, 2.24) is 25.2 Å². The van der Waals surface area contributed by atoms with Gasteiger partial charge >= 0.3 is 0 Å². The van der Waals surface area contributed by atoms with E-state index < -0.39 is 12.0 Å². The lowest BCUT2D eigenvalue weighted by atomic mass is 9.97. The Balaban J connectivity index is 1.15. The van der Waals surface area contributed by atoms with Crippen molar-refractivity contribution in [3.63, 3.8) is 0 Å². The number of amides is 2. The average Bonchev–Trinajstić information content (AvgIpc) is 3.56. The molecule has 2 aromatic heterocycles. The molecule has 0 radical (unpaired) electrons. The van der Waals surface area contributed by atoms with E-state index in [0.717, 1.165) is 67.1 Å². The van der Waals surface area contributed by atoms with Crippen LogP contribution >= 0.6 is 11.6 Å². The Bertz CT molecular complexity index is 1800. The highest BCUT2D eigenvalue weighted by Gasteiger charge is 2.35. The van der Waals surface area contributed by atoms with Gasteiger partial charge in [0.15, 0.2) is 0 Å². The minimum atomic E-state index is -0.534. The van der Waals surface area contributed by atoms with Crippen molar-refractivity contribution in [2.75, 3.05) is 46.0 Å². The fraction of sp³-hybridized carbons (Fsp3) is 0.378. The Hall–Kier alpha value is -4.45. The van der Waals surface area contributed by atoms with Gasteiger partial charge in [0.2, 0.25) is 17.8 Å². The molecule has 0 spiro atoms. The topological polar surface area (TPSA) is 109 Å².